The van der Waals surface area contributed by atoms with E-state index in [4.69, 9.17) is 0 Å². The maximum Gasteiger partial charge on any atom is 0.225 e. The molecule has 5 nitrogen and oxygen atoms in total. The summed E-state index contributed by atoms with van der Waals surface area (Å²) in [5.41, 5.74) is 2.46. The van der Waals surface area contributed by atoms with Gasteiger partial charge in [-0.05, 0) is 49.9 Å². The van der Waals surface area contributed by atoms with Crippen molar-refractivity contribution in [1.29, 1.82) is 0 Å². The Hall–Kier alpha value is -1.88. The summed E-state index contributed by atoms with van der Waals surface area (Å²) in [4.78, 5) is 29.5. The Morgan fingerprint density at radius 3 is 2.48 bits per heavy atom. The third-order valence-electron chi connectivity index (χ3n) is 6.86. The van der Waals surface area contributed by atoms with Gasteiger partial charge < -0.3 is 10.2 Å². The first kappa shape index (κ1) is 20.4. The molecule has 4 rings (SSSR count). The summed E-state index contributed by atoms with van der Waals surface area (Å²) >= 11 is 0. The zero-order chi connectivity index (χ0) is 20.1. The molecule has 2 amide bonds. The second kappa shape index (κ2) is 9.75. The van der Waals surface area contributed by atoms with E-state index >= 15 is 0 Å². The standard InChI is InChI=1S/C24H35N3O2/c28-23-15-21(18-27(23)22-10-3-4-11-22)24(29)25-16-19-8-7-9-20(14-19)17-26-12-5-1-2-6-13-26/h7-9,14,21-22H,1-6,10-13,15-18H2,(H,25,29). The van der Waals surface area contributed by atoms with E-state index in [-0.39, 0.29) is 17.7 Å². The van der Waals surface area contributed by atoms with Crippen molar-refractivity contribution in [3.8, 4) is 0 Å². The maximum atomic E-state index is 12.7. The number of benzene rings is 1. The minimum absolute atomic E-state index is 0.0248. The molecule has 0 radical (unpaired) electrons. The fraction of sp³-hybridized carbons (Fsp3) is 0.667. The molecule has 1 aromatic rings. The normalized spacial score (nSPS) is 24.1. The van der Waals surface area contributed by atoms with Crippen LogP contribution in [0.15, 0.2) is 24.3 Å². The van der Waals surface area contributed by atoms with Crippen molar-refractivity contribution in [1.82, 2.24) is 15.1 Å². The molecular formula is C24H35N3O2. The SMILES string of the molecule is O=C(NCc1cccc(CN2CCCCCC2)c1)C1CC(=O)N(C2CCCC2)C1. The Kier molecular flexibility index (Phi) is 6.86. The molecule has 2 saturated heterocycles. The van der Waals surface area contributed by atoms with Crippen LogP contribution in [0, 0.1) is 5.92 Å². The lowest BCUT2D eigenvalue weighted by molar-refractivity contribution is -0.130. The van der Waals surface area contributed by atoms with Gasteiger partial charge in [0.15, 0.2) is 0 Å². The van der Waals surface area contributed by atoms with Crippen LogP contribution in [-0.2, 0) is 22.7 Å². The molecule has 2 aliphatic heterocycles. The van der Waals surface area contributed by atoms with Crippen molar-refractivity contribution < 1.29 is 9.59 Å². The highest BCUT2D eigenvalue weighted by molar-refractivity contribution is 5.89. The highest BCUT2D eigenvalue weighted by atomic mass is 16.2. The van der Waals surface area contributed by atoms with Crippen LogP contribution >= 0.6 is 0 Å². The Bertz CT molecular complexity index is 706. The second-order valence-electron chi connectivity index (χ2n) is 9.11. The van der Waals surface area contributed by atoms with Crippen LogP contribution in [0.25, 0.3) is 0 Å². The monoisotopic (exact) mass is 397 g/mol. The number of nitrogens with one attached hydrogen (secondary N) is 1. The summed E-state index contributed by atoms with van der Waals surface area (Å²) < 4.78 is 0. The topological polar surface area (TPSA) is 52.7 Å². The molecule has 1 N–H and O–H groups in total. The Morgan fingerprint density at radius 2 is 1.72 bits per heavy atom. The van der Waals surface area contributed by atoms with Crippen LogP contribution in [0.3, 0.4) is 0 Å². The van der Waals surface area contributed by atoms with Crippen LogP contribution in [-0.4, -0.2) is 47.3 Å². The average Bonchev–Trinajstić information content (AvgIpc) is 3.31. The summed E-state index contributed by atoms with van der Waals surface area (Å²) in [5, 5.41) is 3.08. The van der Waals surface area contributed by atoms with Crippen molar-refractivity contribution >= 4 is 11.8 Å². The van der Waals surface area contributed by atoms with Crippen molar-refractivity contribution in [3.63, 3.8) is 0 Å². The van der Waals surface area contributed by atoms with E-state index in [1.165, 1.54) is 57.2 Å². The van der Waals surface area contributed by atoms with Crippen molar-refractivity contribution in [2.24, 2.45) is 5.92 Å². The summed E-state index contributed by atoms with van der Waals surface area (Å²) in [6.07, 6.45) is 10.3. The largest absolute Gasteiger partial charge is 0.352 e. The van der Waals surface area contributed by atoms with Gasteiger partial charge in [0.25, 0.3) is 0 Å². The van der Waals surface area contributed by atoms with E-state index in [0.717, 1.165) is 24.9 Å². The number of hydrogen-bond acceptors (Lipinski definition) is 3. The second-order valence-corrected chi connectivity index (χ2v) is 9.11. The molecule has 5 heteroatoms. The molecule has 1 unspecified atom stereocenters. The van der Waals surface area contributed by atoms with Crippen molar-refractivity contribution in [2.75, 3.05) is 19.6 Å². The predicted molar refractivity (Wildman–Crippen MR) is 114 cm³/mol. The van der Waals surface area contributed by atoms with E-state index < -0.39 is 0 Å². The van der Waals surface area contributed by atoms with Crippen LogP contribution in [0.1, 0.15) is 68.9 Å². The van der Waals surface area contributed by atoms with Gasteiger partial charge >= 0.3 is 0 Å². The van der Waals surface area contributed by atoms with Gasteiger partial charge in [0, 0.05) is 32.1 Å². The highest BCUT2D eigenvalue weighted by Crippen LogP contribution is 2.29. The molecular weight excluding hydrogens is 362 g/mol. The Balaban J connectivity index is 1.27. The van der Waals surface area contributed by atoms with Gasteiger partial charge in [-0.1, -0.05) is 49.9 Å². The first-order valence-corrected chi connectivity index (χ1v) is 11.6. The number of rotatable bonds is 6. The fourth-order valence-corrected chi connectivity index (χ4v) is 5.20. The quantitative estimate of drug-likeness (QED) is 0.800. The summed E-state index contributed by atoms with van der Waals surface area (Å²) in [6, 6.07) is 8.95. The third kappa shape index (κ3) is 5.39. The number of carbonyl (C=O) groups excluding carboxylic acids is 2. The Morgan fingerprint density at radius 1 is 1.00 bits per heavy atom. The minimum Gasteiger partial charge on any atom is -0.352 e. The summed E-state index contributed by atoms with van der Waals surface area (Å²) in [5.74, 6) is -0.00310. The number of carbonyl (C=O) groups is 2. The molecule has 0 aromatic heterocycles. The van der Waals surface area contributed by atoms with Crippen molar-refractivity contribution in [2.45, 2.75) is 76.9 Å². The van der Waals surface area contributed by atoms with Crippen LogP contribution in [0.4, 0.5) is 0 Å². The maximum absolute atomic E-state index is 12.7. The molecule has 1 atom stereocenters. The highest BCUT2D eigenvalue weighted by Gasteiger charge is 2.38. The smallest absolute Gasteiger partial charge is 0.225 e. The lowest BCUT2D eigenvalue weighted by atomic mass is 10.1. The van der Waals surface area contributed by atoms with Gasteiger partial charge in [-0.2, -0.15) is 0 Å². The van der Waals surface area contributed by atoms with Gasteiger partial charge in [-0.15, -0.1) is 0 Å². The van der Waals surface area contributed by atoms with E-state index in [1.807, 2.05) is 4.90 Å². The third-order valence-corrected chi connectivity index (χ3v) is 6.86. The molecule has 0 spiro atoms. The zero-order valence-electron chi connectivity index (χ0n) is 17.6. The zero-order valence-corrected chi connectivity index (χ0v) is 17.6. The molecule has 3 aliphatic rings. The minimum atomic E-state index is -0.191. The van der Waals surface area contributed by atoms with E-state index in [2.05, 4.69) is 34.5 Å². The molecule has 29 heavy (non-hydrogen) atoms. The first-order valence-electron chi connectivity index (χ1n) is 11.6. The summed E-state index contributed by atoms with van der Waals surface area (Å²) in [6.45, 7) is 4.52. The van der Waals surface area contributed by atoms with Crippen LogP contribution in [0.5, 0.6) is 0 Å². The van der Waals surface area contributed by atoms with E-state index in [9.17, 15) is 9.59 Å². The number of hydrogen-bond donors (Lipinski definition) is 1. The van der Waals surface area contributed by atoms with E-state index in [1.54, 1.807) is 0 Å². The number of nitrogens with zero attached hydrogens (tertiary/aromatic N) is 2. The molecule has 158 valence electrons. The number of likely N-dealkylation sites (tertiary alicyclic amines) is 2. The molecule has 1 aliphatic carbocycles. The van der Waals surface area contributed by atoms with Gasteiger partial charge in [-0.3, -0.25) is 14.5 Å². The first-order chi connectivity index (χ1) is 14.2. The lowest BCUT2D eigenvalue weighted by Crippen LogP contribution is -2.36. The van der Waals surface area contributed by atoms with Gasteiger partial charge in [0.05, 0.1) is 5.92 Å². The molecule has 0 bridgehead atoms. The van der Waals surface area contributed by atoms with Gasteiger partial charge in [0.2, 0.25) is 11.8 Å². The van der Waals surface area contributed by atoms with Crippen molar-refractivity contribution in [3.05, 3.63) is 35.4 Å². The Labute approximate surface area is 174 Å². The molecule has 3 fully saturated rings. The van der Waals surface area contributed by atoms with Crippen LogP contribution < -0.4 is 5.32 Å². The van der Waals surface area contributed by atoms with Gasteiger partial charge in [-0.25, -0.2) is 0 Å². The van der Waals surface area contributed by atoms with E-state index in [0.29, 0.717) is 25.6 Å². The molecule has 1 aromatic carbocycles. The predicted octanol–water partition coefficient (Wildman–Crippen LogP) is 3.47. The van der Waals surface area contributed by atoms with Crippen LogP contribution in [0.2, 0.25) is 0 Å². The molecule has 2 heterocycles. The van der Waals surface area contributed by atoms with Gasteiger partial charge in [0.1, 0.15) is 0 Å². The lowest BCUT2D eigenvalue weighted by Gasteiger charge is -2.23. The number of amides is 2. The summed E-state index contributed by atoms with van der Waals surface area (Å²) in [7, 11) is 0. The molecule has 1 saturated carbocycles. The average molecular weight is 398 g/mol. The fourth-order valence-electron chi connectivity index (χ4n) is 5.20.